The van der Waals surface area contributed by atoms with Crippen molar-refractivity contribution < 1.29 is 14.3 Å². The molecule has 0 saturated carbocycles. The standard InChI is InChI=1S/C18H25N5O3S/c1-4-19-17(24)13-5-7-14(8-6-13)23-15(9-12-27-3)16(21-22-23)18(25)20-10-11-26-2/h5-8H,4,9-12H2,1-3H3,(H,19,24)(H,20,25). The summed E-state index contributed by atoms with van der Waals surface area (Å²) in [4.78, 5) is 24.3. The molecule has 2 aromatic rings. The molecule has 0 radical (unpaired) electrons. The number of nitrogens with zero attached hydrogens (tertiary/aromatic N) is 3. The minimum Gasteiger partial charge on any atom is -0.383 e. The van der Waals surface area contributed by atoms with Gasteiger partial charge in [0.25, 0.3) is 11.8 Å². The van der Waals surface area contributed by atoms with Crippen LogP contribution >= 0.6 is 11.8 Å². The molecule has 146 valence electrons. The van der Waals surface area contributed by atoms with Crippen LogP contribution in [-0.2, 0) is 11.2 Å². The number of amides is 2. The van der Waals surface area contributed by atoms with Gasteiger partial charge in [-0.25, -0.2) is 4.68 Å². The van der Waals surface area contributed by atoms with Crippen molar-refractivity contribution in [3.8, 4) is 5.69 Å². The molecule has 2 rings (SSSR count). The summed E-state index contributed by atoms with van der Waals surface area (Å²) in [7, 11) is 1.58. The monoisotopic (exact) mass is 391 g/mol. The number of benzene rings is 1. The van der Waals surface area contributed by atoms with Crippen molar-refractivity contribution in [1.82, 2.24) is 25.6 Å². The van der Waals surface area contributed by atoms with E-state index in [1.807, 2.05) is 13.2 Å². The predicted octanol–water partition coefficient (Wildman–Crippen LogP) is 1.30. The van der Waals surface area contributed by atoms with Gasteiger partial charge in [-0.15, -0.1) is 5.10 Å². The lowest BCUT2D eigenvalue weighted by molar-refractivity contribution is 0.0929. The largest absolute Gasteiger partial charge is 0.383 e. The van der Waals surface area contributed by atoms with Gasteiger partial charge in [0.15, 0.2) is 5.69 Å². The number of methoxy groups -OCH3 is 1. The lowest BCUT2D eigenvalue weighted by Gasteiger charge is -2.09. The Hall–Kier alpha value is -2.39. The van der Waals surface area contributed by atoms with Crippen molar-refractivity contribution in [2.45, 2.75) is 13.3 Å². The summed E-state index contributed by atoms with van der Waals surface area (Å²) in [5.74, 6) is 0.444. The normalized spacial score (nSPS) is 10.6. The van der Waals surface area contributed by atoms with Crippen molar-refractivity contribution in [2.24, 2.45) is 0 Å². The SMILES string of the molecule is CCNC(=O)c1ccc(-n2nnc(C(=O)NCCOC)c2CCSC)cc1. The minimum absolute atomic E-state index is 0.122. The van der Waals surface area contributed by atoms with Crippen LogP contribution in [0.25, 0.3) is 5.69 Å². The highest BCUT2D eigenvalue weighted by Gasteiger charge is 2.20. The zero-order valence-corrected chi connectivity index (χ0v) is 16.6. The fourth-order valence-electron chi connectivity index (χ4n) is 2.48. The quantitative estimate of drug-likeness (QED) is 0.593. The average Bonchev–Trinajstić information content (AvgIpc) is 3.10. The van der Waals surface area contributed by atoms with Gasteiger partial charge >= 0.3 is 0 Å². The maximum Gasteiger partial charge on any atom is 0.273 e. The smallest absolute Gasteiger partial charge is 0.273 e. The van der Waals surface area contributed by atoms with E-state index in [1.165, 1.54) is 0 Å². The topological polar surface area (TPSA) is 98.1 Å². The van der Waals surface area contributed by atoms with Gasteiger partial charge in [0.1, 0.15) is 0 Å². The van der Waals surface area contributed by atoms with E-state index in [2.05, 4.69) is 20.9 Å². The molecule has 1 aromatic carbocycles. The van der Waals surface area contributed by atoms with Crippen molar-refractivity contribution in [2.75, 3.05) is 38.8 Å². The molecule has 8 nitrogen and oxygen atoms in total. The van der Waals surface area contributed by atoms with Crippen LogP contribution in [0, 0.1) is 0 Å². The van der Waals surface area contributed by atoms with Gasteiger partial charge in [0.05, 0.1) is 18.0 Å². The second-order valence-corrected chi connectivity index (χ2v) is 6.68. The zero-order valence-electron chi connectivity index (χ0n) is 15.8. The summed E-state index contributed by atoms with van der Waals surface area (Å²) in [5.41, 5.74) is 2.38. The molecule has 9 heteroatoms. The van der Waals surface area contributed by atoms with Gasteiger partial charge < -0.3 is 15.4 Å². The third-order valence-corrected chi connectivity index (χ3v) is 4.44. The van der Waals surface area contributed by atoms with E-state index in [1.54, 1.807) is 47.8 Å². The van der Waals surface area contributed by atoms with E-state index in [0.29, 0.717) is 37.4 Å². The van der Waals surface area contributed by atoms with Crippen LogP contribution in [0.4, 0.5) is 0 Å². The fourth-order valence-corrected chi connectivity index (χ4v) is 2.87. The number of hydrogen-bond donors (Lipinski definition) is 2. The Labute approximate surface area is 163 Å². The Morgan fingerprint density at radius 2 is 1.93 bits per heavy atom. The van der Waals surface area contributed by atoms with E-state index in [9.17, 15) is 9.59 Å². The number of carbonyl (C=O) groups excluding carboxylic acids is 2. The molecule has 0 fully saturated rings. The number of nitrogens with one attached hydrogen (secondary N) is 2. The number of rotatable bonds is 10. The molecule has 0 aliphatic rings. The molecule has 0 unspecified atom stereocenters. The third kappa shape index (κ3) is 5.54. The average molecular weight is 391 g/mol. The first kappa shape index (κ1) is 20.9. The minimum atomic E-state index is -0.270. The van der Waals surface area contributed by atoms with Gasteiger partial charge in [0, 0.05) is 32.2 Å². The Bertz CT molecular complexity index is 761. The van der Waals surface area contributed by atoms with E-state index < -0.39 is 0 Å². The van der Waals surface area contributed by atoms with E-state index in [0.717, 1.165) is 17.1 Å². The lowest BCUT2D eigenvalue weighted by Crippen LogP contribution is -2.28. The highest BCUT2D eigenvalue weighted by atomic mass is 32.2. The molecule has 0 saturated heterocycles. The molecule has 0 spiro atoms. The highest BCUT2D eigenvalue weighted by Crippen LogP contribution is 2.16. The first-order valence-electron chi connectivity index (χ1n) is 8.71. The molecule has 27 heavy (non-hydrogen) atoms. The van der Waals surface area contributed by atoms with Crippen molar-refractivity contribution >= 4 is 23.6 Å². The first-order valence-corrected chi connectivity index (χ1v) is 10.1. The van der Waals surface area contributed by atoms with Crippen molar-refractivity contribution in [1.29, 1.82) is 0 Å². The summed E-state index contributed by atoms with van der Waals surface area (Å²) < 4.78 is 6.61. The molecule has 0 atom stereocenters. The second kappa shape index (κ2) is 10.7. The molecule has 0 aliphatic carbocycles. The van der Waals surface area contributed by atoms with Crippen molar-refractivity contribution in [3.63, 3.8) is 0 Å². The van der Waals surface area contributed by atoms with E-state index in [-0.39, 0.29) is 11.8 Å². The maximum atomic E-state index is 12.4. The van der Waals surface area contributed by atoms with Crippen LogP contribution < -0.4 is 10.6 Å². The third-order valence-electron chi connectivity index (χ3n) is 3.82. The van der Waals surface area contributed by atoms with E-state index >= 15 is 0 Å². The molecule has 1 heterocycles. The van der Waals surface area contributed by atoms with Gasteiger partial charge in [-0.05, 0) is 43.2 Å². The van der Waals surface area contributed by atoms with Crippen LogP contribution in [0.1, 0.15) is 33.5 Å². The highest BCUT2D eigenvalue weighted by molar-refractivity contribution is 7.98. The summed E-state index contributed by atoms with van der Waals surface area (Å²) in [5, 5.41) is 13.8. The van der Waals surface area contributed by atoms with Crippen LogP contribution in [0.2, 0.25) is 0 Å². The number of carbonyl (C=O) groups is 2. The van der Waals surface area contributed by atoms with E-state index in [4.69, 9.17) is 4.74 Å². The number of ether oxygens (including phenoxy) is 1. The molecule has 1 aromatic heterocycles. The summed E-state index contributed by atoms with van der Waals surface area (Å²) in [6.45, 7) is 3.29. The molecule has 0 aliphatic heterocycles. The number of hydrogen-bond acceptors (Lipinski definition) is 6. The summed E-state index contributed by atoms with van der Waals surface area (Å²) >= 11 is 1.68. The molecule has 2 N–H and O–H groups in total. The zero-order chi connectivity index (χ0) is 19.6. The summed E-state index contributed by atoms with van der Waals surface area (Å²) in [6, 6.07) is 7.07. The first-order chi connectivity index (χ1) is 13.1. The lowest BCUT2D eigenvalue weighted by atomic mass is 10.2. The Morgan fingerprint density at radius 3 is 2.56 bits per heavy atom. The predicted molar refractivity (Wildman–Crippen MR) is 106 cm³/mol. The summed E-state index contributed by atoms with van der Waals surface area (Å²) in [6.07, 6.45) is 2.66. The Morgan fingerprint density at radius 1 is 1.19 bits per heavy atom. The van der Waals surface area contributed by atoms with Gasteiger partial charge in [-0.1, -0.05) is 5.21 Å². The molecular weight excluding hydrogens is 366 g/mol. The number of thioether (sulfide) groups is 1. The van der Waals surface area contributed by atoms with Crippen LogP contribution in [0.15, 0.2) is 24.3 Å². The van der Waals surface area contributed by atoms with Gasteiger partial charge in [-0.2, -0.15) is 11.8 Å². The Kier molecular flexibility index (Phi) is 8.28. The van der Waals surface area contributed by atoms with Crippen LogP contribution in [0.5, 0.6) is 0 Å². The Balaban J connectivity index is 2.27. The molecule has 0 bridgehead atoms. The molecular formula is C18H25N5O3S. The number of aromatic nitrogens is 3. The van der Waals surface area contributed by atoms with Gasteiger partial charge in [0.2, 0.25) is 0 Å². The van der Waals surface area contributed by atoms with Crippen molar-refractivity contribution in [3.05, 3.63) is 41.2 Å². The van der Waals surface area contributed by atoms with Crippen LogP contribution in [-0.4, -0.2) is 65.6 Å². The van der Waals surface area contributed by atoms with Crippen LogP contribution in [0.3, 0.4) is 0 Å². The molecule has 2 amide bonds. The maximum absolute atomic E-state index is 12.4. The van der Waals surface area contributed by atoms with Gasteiger partial charge in [-0.3, -0.25) is 9.59 Å². The second-order valence-electron chi connectivity index (χ2n) is 5.69. The fraction of sp³-hybridized carbons (Fsp3) is 0.444.